The van der Waals surface area contributed by atoms with E-state index in [1.54, 1.807) is 13.2 Å². The largest absolute Gasteiger partial charge is 0.504 e. The molecule has 1 saturated heterocycles. The van der Waals surface area contributed by atoms with E-state index in [2.05, 4.69) is 35.7 Å². The summed E-state index contributed by atoms with van der Waals surface area (Å²) in [7, 11) is 1.58. The molecule has 0 radical (unpaired) electrons. The number of phenolic OH excluding ortho intramolecular Hbond substituents is 1. The van der Waals surface area contributed by atoms with E-state index < -0.39 is 0 Å². The van der Waals surface area contributed by atoms with Gasteiger partial charge in [0, 0.05) is 37.2 Å². The van der Waals surface area contributed by atoms with E-state index in [0.717, 1.165) is 30.8 Å². The lowest BCUT2D eigenvalue weighted by Crippen LogP contribution is -2.28. The van der Waals surface area contributed by atoms with Crippen molar-refractivity contribution < 1.29 is 9.84 Å². The van der Waals surface area contributed by atoms with Crippen molar-refractivity contribution in [3.63, 3.8) is 0 Å². The van der Waals surface area contributed by atoms with Crippen molar-refractivity contribution in [2.75, 3.05) is 20.2 Å². The molecule has 1 aliphatic heterocycles. The maximum Gasteiger partial charge on any atom is 0.161 e. The zero-order valence-electron chi connectivity index (χ0n) is 14.7. The van der Waals surface area contributed by atoms with E-state index in [1.165, 1.54) is 5.56 Å². The number of benzene rings is 2. The minimum Gasteiger partial charge on any atom is -0.504 e. The first kappa shape index (κ1) is 17.5. The minimum absolute atomic E-state index is 0.133. The summed E-state index contributed by atoms with van der Waals surface area (Å²) in [6.45, 7) is 6.35. The van der Waals surface area contributed by atoms with Gasteiger partial charge in [-0.1, -0.05) is 42.5 Å². The summed E-state index contributed by atoms with van der Waals surface area (Å²) < 4.78 is 5.32. The highest BCUT2D eigenvalue weighted by molar-refractivity contribution is 5.49. The molecule has 2 atom stereocenters. The van der Waals surface area contributed by atoms with Gasteiger partial charge in [0.25, 0.3) is 0 Å². The molecule has 4 nitrogen and oxygen atoms in total. The van der Waals surface area contributed by atoms with Gasteiger partial charge in [-0.2, -0.15) is 0 Å². The van der Waals surface area contributed by atoms with Crippen molar-refractivity contribution in [1.29, 1.82) is 0 Å². The number of hydrogen-bond acceptors (Lipinski definition) is 4. The van der Waals surface area contributed by atoms with Crippen molar-refractivity contribution in [3.8, 4) is 11.5 Å². The molecule has 0 amide bonds. The summed E-state index contributed by atoms with van der Waals surface area (Å²) >= 11 is 0. The molecule has 0 saturated carbocycles. The van der Waals surface area contributed by atoms with E-state index in [1.807, 2.05) is 18.2 Å². The number of nitrogens with two attached hydrogens (primary N) is 1. The van der Waals surface area contributed by atoms with E-state index in [0.29, 0.717) is 18.1 Å². The number of methoxy groups -OCH3 is 1. The number of allylic oxidation sites excluding steroid dienone is 1. The summed E-state index contributed by atoms with van der Waals surface area (Å²) in [6, 6.07) is 14.5. The smallest absolute Gasteiger partial charge is 0.161 e. The number of aromatic hydroxyl groups is 1. The molecule has 132 valence electrons. The standard InChI is InChI=1S/C21H26N2O2/c1-3-7-17-10-15(11-20(25-2)21(17)24)12-23-13-18(19(22)14-23)16-8-5-4-6-9-16/h3-6,8-11,18-19,24H,1,7,12-14,22H2,2H3/t18-,19+/m0/s1. The second-order valence-electron chi connectivity index (χ2n) is 6.67. The number of ether oxygens (including phenoxy) is 1. The van der Waals surface area contributed by atoms with Gasteiger partial charge in [-0.3, -0.25) is 4.90 Å². The molecule has 0 aliphatic carbocycles. The average Bonchev–Trinajstić information content (AvgIpc) is 2.98. The Balaban J connectivity index is 1.77. The molecule has 25 heavy (non-hydrogen) atoms. The third kappa shape index (κ3) is 3.86. The number of rotatable bonds is 6. The minimum atomic E-state index is 0.133. The monoisotopic (exact) mass is 338 g/mol. The van der Waals surface area contributed by atoms with Crippen LogP contribution in [-0.4, -0.2) is 36.2 Å². The second kappa shape index (κ2) is 7.72. The number of nitrogens with zero attached hydrogens (tertiary/aromatic N) is 1. The van der Waals surface area contributed by atoms with Gasteiger partial charge >= 0.3 is 0 Å². The van der Waals surface area contributed by atoms with Gasteiger partial charge in [-0.25, -0.2) is 0 Å². The molecular weight excluding hydrogens is 312 g/mol. The summed E-state index contributed by atoms with van der Waals surface area (Å²) in [4.78, 5) is 2.37. The number of likely N-dealkylation sites (tertiary alicyclic amines) is 1. The molecule has 3 N–H and O–H groups in total. The molecule has 0 aromatic heterocycles. The molecule has 0 unspecified atom stereocenters. The van der Waals surface area contributed by atoms with Crippen molar-refractivity contribution in [3.05, 3.63) is 71.8 Å². The first-order valence-corrected chi connectivity index (χ1v) is 8.65. The van der Waals surface area contributed by atoms with Crippen LogP contribution in [0.4, 0.5) is 0 Å². The third-order valence-electron chi connectivity index (χ3n) is 4.87. The fourth-order valence-electron chi connectivity index (χ4n) is 3.64. The highest BCUT2D eigenvalue weighted by Crippen LogP contribution is 2.34. The molecule has 1 fully saturated rings. The van der Waals surface area contributed by atoms with Crippen LogP contribution in [0, 0.1) is 0 Å². The average molecular weight is 338 g/mol. The number of phenols is 1. The lowest BCUT2D eigenvalue weighted by molar-refractivity contribution is 0.321. The van der Waals surface area contributed by atoms with Crippen molar-refractivity contribution in [1.82, 2.24) is 4.90 Å². The van der Waals surface area contributed by atoms with Gasteiger partial charge < -0.3 is 15.6 Å². The Morgan fingerprint density at radius 1 is 1.28 bits per heavy atom. The quantitative estimate of drug-likeness (QED) is 0.795. The lowest BCUT2D eigenvalue weighted by atomic mass is 9.95. The first-order valence-electron chi connectivity index (χ1n) is 8.65. The molecule has 1 heterocycles. The zero-order valence-corrected chi connectivity index (χ0v) is 14.7. The van der Waals surface area contributed by atoms with E-state index in [9.17, 15) is 5.11 Å². The molecule has 0 spiro atoms. The molecule has 3 rings (SSSR count). The van der Waals surface area contributed by atoms with Crippen LogP contribution in [0.15, 0.2) is 55.1 Å². The maximum absolute atomic E-state index is 10.2. The van der Waals surface area contributed by atoms with E-state index in [-0.39, 0.29) is 11.8 Å². The Morgan fingerprint density at radius 2 is 2.04 bits per heavy atom. The summed E-state index contributed by atoms with van der Waals surface area (Å²) in [5, 5.41) is 10.2. The van der Waals surface area contributed by atoms with Crippen LogP contribution in [-0.2, 0) is 13.0 Å². The van der Waals surface area contributed by atoms with Crippen LogP contribution >= 0.6 is 0 Å². The SMILES string of the molecule is C=CCc1cc(CN2C[C@@H](N)[C@H](c3ccccc3)C2)cc(OC)c1O. The predicted molar refractivity (Wildman–Crippen MR) is 101 cm³/mol. The van der Waals surface area contributed by atoms with Crippen LogP contribution in [0.25, 0.3) is 0 Å². The Bertz CT molecular complexity index is 730. The zero-order chi connectivity index (χ0) is 17.8. The lowest BCUT2D eigenvalue weighted by Gasteiger charge is -2.18. The van der Waals surface area contributed by atoms with Crippen LogP contribution in [0.2, 0.25) is 0 Å². The Kier molecular flexibility index (Phi) is 5.41. The topological polar surface area (TPSA) is 58.7 Å². The predicted octanol–water partition coefficient (Wildman–Crippen LogP) is 3.06. The van der Waals surface area contributed by atoms with Gasteiger partial charge in [-0.05, 0) is 23.6 Å². The van der Waals surface area contributed by atoms with Gasteiger partial charge in [0.05, 0.1) is 7.11 Å². The highest BCUT2D eigenvalue weighted by atomic mass is 16.5. The van der Waals surface area contributed by atoms with Crippen LogP contribution < -0.4 is 10.5 Å². The Morgan fingerprint density at radius 3 is 2.72 bits per heavy atom. The van der Waals surface area contributed by atoms with E-state index in [4.69, 9.17) is 10.5 Å². The summed E-state index contributed by atoms with van der Waals surface area (Å²) in [6.07, 6.45) is 2.40. The van der Waals surface area contributed by atoms with Crippen LogP contribution in [0.3, 0.4) is 0 Å². The maximum atomic E-state index is 10.2. The van der Waals surface area contributed by atoms with Gasteiger partial charge in [0.2, 0.25) is 0 Å². The van der Waals surface area contributed by atoms with Crippen molar-refractivity contribution in [2.24, 2.45) is 5.73 Å². The molecule has 4 heteroatoms. The van der Waals surface area contributed by atoms with Gasteiger partial charge in [0.1, 0.15) is 0 Å². The van der Waals surface area contributed by atoms with Crippen LogP contribution in [0.5, 0.6) is 11.5 Å². The third-order valence-corrected chi connectivity index (χ3v) is 4.87. The molecular formula is C21H26N2O2. The normalized spacial score (nSPS) is 20.6. The Hall–Kier alpha value is -2.30. The van der Waals surface area contributed by atoms with Crippen LogP contribution in [0.1, 0.15) is 22.6 Å². The highest BCUT2D eigenvalue weighted by Gasteiger charge is 2.31. The molecule has 0 bridgehead atoms. The van der Waals surface area contributed by atoms with E-state index >= 15 is 0 Å². The van der Waals surface area contributed by atoms with Crippen molar-refractivity contribution >= 4 is 0 Å². The molecule has 2 aromatic carbocycles. The van der Waals surface area contributed by atoms with Gasteiger partial charge in [-0.15, -0.1) is 6.58 Å². The Labute approximate surface area is 149 Å². The number of hydrogen-bond donors (Lipinski definition) is 2. The summed E-state index contributed by atoms with van der Waals surface area (Å²) in [5.74, 6) is 1.07. The fourth-order valence-corrected chi connectivity index (χ4v) is 3.64. The summed E-state index contributed by atoms with van der Waals surface area (Å²) in [5.41, 5.74) is 9.65. The second-order valence-corrected chi connectivity index (χ2v) is 6.67. The van der Waals surface area contributed by atoms with Crippen molar-refractivity contribution in [2.45, 2.75) is 24.9 Å². The fraction of sp³-hybridized carbons (Fsp3) is 0.333. The first-order chi connectivity index (χ1) is 12.1. The van der Waals surface area contributed by atoms with Gasteiger partial charge in [0.15, 0.2) is 11.5 Å². The molecule has 1 aliphatic rings. The molecule has 2 aromatic rings.